The molecule has 0 aromatic heterocycles. The van der Waals surface area contributed by atoms with Gasteiger partial charge in [-0.2, -0.15) is 0 Å². The minimum atomic E-state index is 1.25. The van der Waals surface area contributed by atoms with Gasteiger partial charge in [-0.3, -0.25) is 0 Å². The normalized spacial score (nSPS) is 10.6. The van der Waals surface area contributed by atoms with E-state index in [9.17, 15) is 0 Å². The second-order valence-corrected chi connectivity index (χ2v) is 8.12. The predicted octanol–water partition coefficient (Wildman–Crippen LogP) is 7.66. The van der Waals surface area contributed by atoms with Crippen molar-refractivity contribution in [2.75, 3.05) is 0 Å². The summed E-state index contributed by atoms with van der Waals surface area (Å²) in [6, 6.07) is 38.5. The Balaban J connectivity index is 1.65. The molecule has 126 valence electrons. The van der Waals surface area contributed by atoms with Gasteiger partial charge in [-0.1, -0.05) is 90.3 Å². The highest BCUT2D eigenvalue weighted by molar-refractivity contribution is 7.99. The molecule has 0 fully saturated rings. The third-order valence-corrected chi connectivity index (χ3v) is 6.06. The van der Waals surface area contributed by atoms with Crippen LogP contribution in [0.5, 0.6) is 0 Å². The summed E-state index contributed by atoms with van der Waals surface area (Å²) < 4.78 is 0. The number of hydrogen-bond donors (Lipinski definition) is 0. The van der Waals surface area contributed by atoms with E-state index in [1.54, 1.807) is 11.8 Å². The van der Waals surface area contributed by atoms with Crippen LogP contribution in [0.15, 0.2) is 129 Å². The van der Waals surface area contributed by atoms with E-state index in [-0.39, 0.29) is 0 Å². The van der Waals surface area contributed by atoms with Gasteiger partial charge < -0.3 is 0 Å². The Labute approximate surface area is 163 Å². The third kappa shape index (κ3) is 4.21. The lowest BCUT2D eigenvalue weighted by atomic mass is 10.1. The van der Waals surface area contributed by atoms with Crippen molar-refractivity contribution < 1.29 is 0 Å². The molecule has 0 N–H and O–H groups in total. The first-order valence-corrected chi connectivity index (χ1v) is 10.2. The van der Waals surface area contributed by atoms with E-state index in [4.69, 9.17) is 0 Å². The molecule has 0 aliphatic heterocycles. The molecule has 0 unspecified atom stereocenters. The summed E-state index contributed by atoms with van der Waals surface area (Å²) >= 11 is 3.61. The Morgan fingerprint density at radius 3 is 1.73 bits per heavy atom. The van der Waals surface area contributed by atoms with Crippen LogP contribution in [-0.2, 0) is 0 Å². The molecule has 0 heterocycles. The summed E-state index contributed by atoms with van der Waals surface area (Å²) in [6.45, 7) is 0. The second-order valence-electron chi connectivity index (χ2n) is 5.85. The summed E-state index contributed by atoms with van der Waals surface area (Å²) in [5, 5.41) is 0. The van der Waals surface area contributed by atoms with Crippen molar-refractivity contribution in [3.63, 3.8) is 0 Å². The topological polar surface area (TPSA) is 0 Å². The minimum Gasteiger partial charge on any atom is -0.0901 e. The summed E-state index contributed by atoms with van der Waals surface area (Å²) in [7, 11) is 0. The maximum Gasteiger partial charge on any atom is 0.0200 e. The van der Waals surface area contributed by atoms with Crippen molar-refractivity contribution in [3.05, 3.63) is 109 Å². The highest BCUT2D eigenvalue weighted by atomic mass is 32.2. The highest BCUT2D eigenvalue weighted by Crippen LogP contribution is 2.37. The van der Waals surface area contributed by atoms with Crippen molar-refractivity contribution >= 4 is 23.5 Å². The molecule has 0 spiro atoms. The fraction of sp³-hybridized carbons (Fsp3) is 0. The molecule has 4 aromatic rings. The molecule has 0 saturated carbocycles. The Bertz CT molecular complexity index is 979. The van der Waals surface area contributed by atoms with Gasteiger partial charge in [0.2, 0.25) is 0 Å². The van der Waals surface area contributed by atoms with E-state index in [2.05, 4.69) is 109 Å². The van der Waals surface area contributed by atoms with Crippen molar-refractivity contribution in [1.29, 1.82) is 0 Å². The lowest BCUT2D eigenvalue weighted by Crippen LogP contribution is -1.83. The van der Waals surface area contributed by atoms with E-state index in [0.717, 1.165) is 0 Å². The Kier molecular flexibility index (Phi) is 5.44. The minimum absolute atomic E-state index is 1.25. The average Bonchev–Trinajstić information content (AvgIpc) is 2.70. The van der Waals surface area contributed by atoms with Crippen molar-refractivity contribution in [2.24, 2.45) is 0 Å². The molecule has 0 saturated heterocycles. The van der Waals surface area contributed by atoms with Gasteiger partial charge in [-0.15, -0.1) is 0 Å². The molecule has 0 nitrogen and oxygen atoms in total. The SMILES string of the molecule is c1ccc(Sc2cccc(-c3ccccc3Sc3ccccc3)c2)cc1. The van der Waals surface area contributed by atoms with Crippen molar-refractivity contribution in [3.8, 4) is 11.1 Å². The van der Waals surface area contributed by atoms with Crippen LogP contribution in [-0.4, -0.2) is 0 Å². The van der Waals surface area contributed by atoms with E-state index >= 15 is 0 Å². The van der Waals surface area contributed by atoms with Crippen LogP contribution in [0.2, 0.25) is 0 Å². The van der Waals surface area contributed by atoms with Crippen molar-refractivity contribution in [1.82, 2.24) is 0 Å². The molecular formula is C24H18S2. The molecule has 0 radical (unpaired) electrons. The standard InChI is InChI=1S/C24H18S2/c1-3-11-20(12-4-1)25-22-15-9-10-19(18-22)23-16-7-8-17-24(23)26-21-13-5-2-6-14-21/h1-18H. The smallest absolute Gasteiger partial charge is 0.0200 e. The Morgan fingerprint density at radius 1 is 0.423 bits per heavy atom. The summed E-state index contributed by atoms with van der Waals surface area (Å²) in [5.74, 6) is 0. The van der Waals surface area contributed by atoms with E-state index in [1.165, 1.54) is 30.7 Å². The maximum atomic E-state index is 2.28. The van der Waals surface area contributed by atoms with Crippen LogP contribution in [0.25, 0.3) is 11.1 Å². The summed E-state index contributed by atoms with van der Waals surface area (Å²) in [5.41, 5.74) is 2.53. The van der Waals surface area contributed by atoms with E-state index in [1.807, 2.05) is 11.8 Å². The van der Waals surface area contributed by atoms with Crippen LogP contribution in [0.4, 0.5) is 0 Å². The predicted molar refractivity (Wildman–Crippen MR) is 113 cm³/mol. The fourth-order valence-corrected chi connectivity index (χ4v) is 4.65. The van der Waals surface area contributed by atoms with Gasteiger partial charge in [0.05, 0.1) is 0 Å². The molecule has 26 heavy (non-hydrogen) atoms. The molecule has 0 amide bonds. The molecule has 0 atom stereocenters. The van der Waals surface area contributed by atoms with E-state index < -0.39 is 0 Å². The summed E-state index contributed by atoms with van der Waals surface area (Å²) in [6.07, 6.45) is 0. The second kappa shape index (κ2) is 8.31. The first-order chi connectivity index (χ1) is 12.9. The average molecular weight is 371 g/mol. The lowest BCUT2D eigenvalue weighted by Gasteiger charge is -2.11. The molecule has 4 rings (SSSR count). The first kappa shape index (κ1) is 17.0. The molecule has 0 aliphatic carbocycles. The first-order valence-electron chi connectivity index (χ1n) is 8.54. The van der Waals surface area contributed by atoms with Crippen LogP contribution >= 0.6 is 23.5 Å². The van der Waals surface area contributed by atoms with E-state index in [0.29, 0.717) is 0 Å². The van der Waals surface area contributed by atoms with Gasteiger partial charge in [-0.05, 0) is 53.6 Å². The summed E-state index contributed by atoms with van der Waals surface area (Å²) in [4.78, 5) is 5.06. The van der Waals surface area contributed by atoms with Crippen LogP contribution in [0.3, 0.4) is 0 Å². The molecular weight excluding hydrogens is 352 g/mol. The Morgan fingerprint density at radius 2 is 1.00 bits per heavy atom. The van der Waals surface area contributed by atoms with Crippen LogP contribution in [0, 0.1) is 0 Å². The lowest BCUT2D eigenvalue weighted by molar-refractivity contribution is 1.37. The van der Waals surface area contributed by atoms with Gasteiger partial charge in [0.1, 0.15) is 0 Å². The van der Waals surface area contributed by atoms with Crippen LogP contribution < -0.4 is 0 Å². The zero-order chi connectivity index (χ0) is 17.6. The maximum absolute atomic E-state index is 2.28. The highest BCUT2D eigenvalue weighted by Gasteiger charge is 2.07. The van der Waals surface area contributed by atoms with Gasteiger partial charge >= 0.3 is 0 Å². The fourth-order valence-electron chi connectivity index (χ4n) is 2.76. The Hall–Kier alpha value is -2.42. The number of hydrogen-bond acceptors (Lipinski definition) is 2. The van der Waals surface area contributed by atoms with Gasteiger partial charge in [-0.25, -0.2) is 0 Å². The zero-order valence-electron chi connectivity index (χ0n) is 14.2. The monoisotopic (exact) mass is 370 g/mol. The number of rotatable bonds is 5. The van der Waals surface area contributed by atoms with Crippen molar-refractivity contribution in [2.45, 2.75) is 19.6 Å². The van der Waals surface area contributed by atoms with Gasteiger partial charge in [0, 0.05) is 19.6 Å². The third-order valence-electron chi connectivity index (χ3n) is 3.98. The molecule has 0 aliphatic rings. The largest absolute Gasteiger partial charge is 0.0901 e. The molecule has 2 heteroatoms. The van der Waals surface area contributed by atoms with Gasteiger partial charge in [0.15, 0.2) is 0 Å². The zero-order valence-corrected chi connectivity index (χ0v) is 15.8. The van der Waals surface area contributed by atoms with Gasteiger partial charge in [0.25, 0.3) is 0 Å². The molecule has 0 bridgehead atoms. The quantitative estimate of drug-likeness (QED) is 0.354. The number of benzene rings is 4. The molecule has 4 aromatic carbocycles. The van der Waals surface area contributed by atoms with Crippen LogP contribution in [0.1, 0.15) is 0 Å².